The Morgan fingerprint density at radius 1 is 0.964 bits per heavy atom. The summed E-state index contributed by atoms with van der Waals surface area (Å²) in [5, 5.41) is 1.11. The smallest absolute Gasteiger partial charge is 0.180 e. The monoisotopic (exact) mass is 413 g/mol. The van der Waals surface area contributed by atoms with E-state index in [1.54, 1.807) is 19.4 Å². The third kappa shape index (κ3) is 5.06. The number of hydrogen-bond donors (Lipinski definition) is 0. The minimum atomic E-state index is 0.408. The van der Waals surface area contributed by atoms with Gasteiger partial charge in [-0.1, -0.05) is 59.1 Å². The predicted octanol–water partition coefficient (Wildman–Crippen LogP) is 6.95. The molecule has 0 amide bonds. The topological polar surface area (TPSA) is 30.8 Å². The Labute approximate surface area is 175 Å². The Kier molecular flexibility index (Phi) is 6.61. The molecule has 0 atom stereocenters. The van der Waals surface area contributed by atoms with E-state index >= 15 is 0 Å². The highest BCUT2D eigenvalue weighted by Gasteiger charge is 2.12. The number of ether oxygens (including phenoxy) is 2. The van der Waals surface area contributed by atoms with Gasteiger partial charge in [-0.3, -0.25) is 4.99 Å². The van der Waals surface area contributed by atoms with Crippen LogP contribution >= 0.6 is 23.2 Å². The van der Waals surface area contributed by atoms with E-state index in [1.165, 1.54) is 5.56 Å². The first kappa shape index (κ1) is 20.2. The molecule has 3 rings (SSSR count). The van der Waals surface area contributed by atoms with Gasteiger partial charge in [-0.05, 0) is 54.8 Å². The van der Waals surface area contributed by atoms with Gasteiger partial charge in [0.1, 0.15) is 6.61 Å². The molecule has 0 radical (unpaired) electrons. The molecule has 0 fully saturated rings. The van der Waals surface area contributed by atoms with Crippen molar-refractivity contribution in [1.29, 1.82) is 0 Å². The van der Waals surface area contributed by atoms with Gasteiger partial charge in [-0.15, -0.1) is 0 Å². The Hall–Kier alpha value is -2.49. The highest BCUT2D eigenvalue weighted by Crippen LogP contribution is 2.37. The molecule has 0 saturated heterocycles. The Morgan fingerprint density at radius 3 is 2.43 bits per heavy atom. The number of rotatable bonds is 6. The highest BCUT2D eigenvalue weighted by atomic mass is 35.5. The van der Waals surface area contributed by atoms with Crippen LogP contribution in [0.1, 0.15) is 22.3 Å². The molecular weight excluding hydrogens is 393 g/mol. The minimum Gasteiger partial charge on any atom is -0.493 e. The van der Waals surface area contributed by atoms with Crippen LogP contribution in [0.5, 0.6) is 11.5 Å². The van der Waals surface area contributed by atoms with Gasteiger partial charge in [-0.25, -0.2) is 0 Å². The summed E-state index contributed by atoms with van der Waals surface area (Å²) >= 11 is 12.5. The highest BCUT2D eigenvalue weighted by molar-refractivity contribution is 6.32. The number of methoxy groups -OCH3 is 1. The van der Waals surface area contributed by atoms with E-state index in [0.29, 0.717) is 28.2 Å². The van der Waals surface area contributed by atoms with Crippen LogP contribution in [0.25, 0.3) is 0 Å². The average molecular weight is 414 g/mol. The first-order chi connectivity index (χ1) is 13.5. The molecule has 28 heavy (non-hydrogen) atoms. The lowest BCUT2D eigenvalue weighted by Crippen LogP contribution is -1.99. The van der Waals surface area contributed by atoms with E-state index in [2.05, 4.69) is 24.0 Å². The van der Waals surface area contributed by atoms with Crippen molar-refractivity contribution in [2.45, 2.75) is 20.5 Å². The van der Waals surface area contributed by atoms with E-state index < -0.39 is 0 Å². The largest absolute Gasteiger partial charge is 0.493 e. The molecule has 0 saturated carbocycles. The van der Waals surface area contributed by atoms with Gasteiger partial charge in [0.05, 0.1) is 17.8 Å². The van der Waals surface area contributed by atoms with Crippen molar-refractivity contribution in [3.63, 3.8) is 0 Å². The van der Waals surface area contributed by atoms with Crippen molar-refractivity contribution in [1.82, 2.24) is 0 Å². The summed E-state index contributed by atoms with van der Waals surface area (Å²) in [6, 6.07) is 17.4. The zero-order valence-electron chi connectivity index (χ0n) is 16.0. The second-order valence-electron chi connectivity index (χ2n) is 6.50. The summed E-state index contributed by atoms with van der Waals surface area (Å²) in [4.78, 5) is 4.52. The SMILES string of the molecule is COc1cc(C=Nc2cc(Cl)ccc2C)cc(Cl)c1OCc1ccc(C)cc1. The normalized spacial score (nSPS) is 11.0. The summed E-state index contributed by atoms with van der Waals surface area (Å²) in [5.74, 6) is 1.07. The van der Waals surface area contributed by atoms with E-state index in [9.17, 15) is 0 Å². The van der Waals surface area contributed by atoms with E-state index in [4.69, 9.17) is 32.7 Å². The van der Waals surface area contributed by atoms with Crippen LogP contribution in [0.3, 0.4) is 0 Å². The molecule has 0 aromatic heterocycles. The second-order valence-corrected chi connectivity index (χ2v) is 7.34. The third-order valence-corrected chi connectivity index (χ3v) is 4.80. The molecule has 5 heteroatoms. The number of benzene rings is 3. The van der Waals surface area contributed by atoms with Crippen LogP contribution in [-0.2, 0) is 6.61 Å². The summed E-state index contributed by atoms with van der Waals surface area (Å²) < 4.78 is 11.4. The van der Waals surface area contributed by atoms with Crippen molar-refractivity contribution < 1.29 is 9.47 Å². The van der Waals surface area contributed by atoms with Crippen molar-refractivity contribution in [2.75, 3.05) is 7.11 Å². The van der Waals surface area contributed by atoms with Gasteiger partial charge in [-0.2, -0.15) is 0 Å². The van der Waals surface area contributed by atoms with Crippen LogP contribution in [0.2, 0.25) is 10.0 Å². The van der Waals surface area contributed by atoms with Crippen molar-refractivity contribution >= 4 is 35.1 Å². The van der Waals surface area contributed by atoms with Crippen molar-refractivity contribution in [3.8, 4) is 11.5 Å². The molecule has 0 aliphatic rings. The second kappa shape index (κ2) is 9.13. The van der Waals surface area contributed by atoms with Gasteiger partial charge in [0, 0.05) is 11.2 Å². The maximum atomic E-state index is 6.46. The van der Waals surface area contributed by atoms with Crippen LogP contribution in [0.15, 0.2) is 59.6 Å². The fourth-order valence-electron chi connectivity index (χ4n) is 2.66. The standard InChI is InChI=1S/C23H21Cl2NO2/c1-15-4-7-17(8-5-15)14-28-23-20(25)10-18(11-22(23)27-3)13-26-21-12-19(24)9-6-16(21)2/h4-13H,14H2,1-3H3. The summed E-state index contributed by atoms with van der Waals surface area (Å²) in [6.07, 6.45) is 1.73. The minimum absolute atomic E-state index is 0.408. The number of aliphatic imine (C=N–C) groups is 1. The first-order valence-electron chi connectivity index (χ1n) is 8.82. The van der Waals surface area contributed by atoms with Gasteiger partial charge in [0.25, 0.3) is 0 Å². The predicted molar refractivity (Wildman–Crippen MR) is 117 cm³/mol. The molecule has 0 spiro atoms. The van der Waals surface area contributed by atoms with Gasteiger partial charge < -0.3 is 9.47 Å². The maximum Gasteiger partial charge on any atom is 0.180 e. The molecule has 0 unspecified atom stereocenters. The molecule has 0 heterocycles. The molecule has 0 aliphatic carbocycles. The lowest BCUT2D eigenvalue weighted by Gasteiger charge is -2.13. The number of halogens is 2. The fourth-order valence-corrected chi connectivity index (χ4v) is 3.10. The quantitative estimate of drug-likeness (QED) is 0.409. The first-order valence-corrected chi connectivity index (χ1v) is 9.58. The van der Waals surface area contributed by atoms with Gasteiger partial charge in [0.15, 0.2) is 11.5 Å². The van der Waals surface area contributed by atoms with E-state index in [0.717, 1.165) is 22.4 Å². The third-order valence-electron chi connectivity index (χ3n) is 4.28. The summed E-state index contributed by atoms with van der Waals surface area (Å²) in [7, 11) is 1.59. The number of aryl methyl sites for hydroxylation is 2. The maximum absolute atomic E-state index is 6.46. The molecule has 3 aromatic carbocycles. The van der Waals surface area contributed by atoms with Crippen LogP contribution in [-0.4, -0.2) is 13.3 Å². The molecule has 3 nitrogen and oxygen atoms in total. The number of nitrogens with zero attached hydrogens (tertiary/aromatic N) is 1. The van der Waals surface area contributed by atoms with E-state index in [-0.39, 0.29) is 0 Å². The Morgan fingerprint density at radius 2 is 1.71 bits per heavy atom. The fraction of sp³-hybridized carbons (Fsp3) is 0.174. The van der Waals surface area contributed by atoms with Crippen LogP contribution < -0.4 is 9.47 Å². The Bertz CT molecular complexity index is 998. The number of hydrogen-bond acceptors (Lipinski definition) is 3. The van der Waals surface area contributed by atoms with Gasteiger partial charge in [0.2, 0.25) is 0 Å². The van der Waals surface area contributed by atoms with Crippen molar-refractivity contribution in [3.05, 3.63) is 86.9 Å². The zero-order valence-corrected chi connectivity index (χ0v) is 17.5. The molecule has 0 aliphatic heterocycles. The zero-order chi connectivity index (χ0) is 20.1. The molecule has 144 valence electrons. The van der Waals surface area contributed by atoms with Crippen LogP contribution in [0.4, 0.5) is 5.69 Å². The molecule has 0 N–H and O–H groups in total. The van der Waals surface area contributed by atoms with E-state index in [1.807, 2.05) is 43.3 Å². The van der Waals surface area contributed by atoms with Gasteiger partial charge >= 0.3 is 0 Å². The lowest BCUT2D eigenvalue weighted by molar-refractivity contribution is 0.284. The Balaban J connectivity index is 1.81. The molecular formula is C23H21Cl2NO2. The van der Waals surface area contributed by atoms with Crippen LogP contribution in [0, 0.1) is 13.8 Å². The van der Waals surface area contributed by atoms with Crippen molar-refractivity contribution in [2.24, 2.45) is 4.99 Å². The lowest BCUT2D eigenvalue weighted by atomic mass is 10.1. The summed E-state index contributed by atoms with van der Waals surface area (Å²) in [5.41, 5.74) is 4.92. The molecule has 0 bridgehead atoms. The average Bonchev–Trinajstić information content (AvgIpc) is 2.68. The summed E-state index contributed by atoms with van der Waals surface area (Å²) in [6.45, 7) is 4.44. The molecule has 3 aromatic rings.